The molecule has 3 aliphatic carbocycles. The Kier molecular flexibility index (Phi) is 20.7. The molecule has 0 aromatic heterocycles. The first-order chi connectivity index (χ1) is 36.6. The minimum atomic E-state index is -3.04. The summed E-state index contributed by atoms with van der Waals surface area (Å²) in [6.45, 7) is 37.3. The minimum Gasteiger partial charge on any atom is -0.456 e. The molecule has 3 N–H and O–H groups in total. The normalized spacial score (nSPS) is 28.4. The maximum absolute atomic E-state index is 16.9. The van der Waals surface area contributed by atoms with Gasteiger partial charge in [0.2, 0.25) is 8.32 Å². The van der Waals surface area contributed by atoms with Gasteiger partial charge in [-0.3, -0.25) is 9.59 Å². The number of nitrogens with one attached hydrogen (secondary N) is 2. The fraction of sp³-hybridized carbons (Fsp3) is 0.733. The zero-order valence-electron chi connectivity index (χ0n) is 51.1. The molecule has 0 spiro atoms. The fourth-order valence-electron chi connectivity index (χ4n) is 13.8. The number of hydrogen-bond acceptors (Lipinski definition) is 15. The molecule has 2 amide bonds. The van der Waals surface area contributed by atoms with Crippen LogP contribution in [0.3, 0.4) is 0 Å². The van der Waals surface area contributed by atoms with Crippen LogP contribution in [0.15, 0.2) is 53.1 Å². The van der Waals surface area contributed by atoms with E-state index in [0.717, 1.165) is 5.57 Å². The smallest absolute Gasteiger partial charge is 0.408 e. The standard InChI is InChI=1S/C60H96N2O15Si2/c1-21-30-61-54(67)72-48-46-39(13)43(71-53(66)47(77-79(36(7)8,37(9)10)38(11)12)42(31-35(5)6)62-55(68)75-56(15,16)17)33-60(69,57(46,18)19)51(73-52(65)41-28-26-25-27-29-41)49-58(20,50(48)64)44(76-78(22-2,23-3)24-4)32-45-59(49,34-70-45)74-40(14)63/h25-29,31,36-38,42-45,47-49,51,69H,21-24,30,32-34H2,1-20H3,(H,61,67)(H,62,68)/t42-,43-,44-,45+,47+,48+,49-,51-,58+,59-,60+/m0/s1. The van der Waals surface area contributed by atoms with Crippen molar-refractivity contribution in [1.29, 1.82) is 0 Å². The molecule has 1 aliphatic heterocycles. The van der Waals surface area contributed by atoms with Crippen LogP contribution in [0.4, 0.5) is 9.59 Å². The summed E-state index contributed by atoms with van der Waals surface area (Å²) < 4.78 is 53.5. The number of fused-ring (bicyclic) bond motifs is 5. The molecule has 3 fully saturated rings. The fourth-order valence-corrected chi connectivity index (χ4v) is 22.2. The lowest BCUT2D eigenvalue weighted by Crippen LogP contribution is -2.82. The number of aliphatic hydroxyl groups is 1. The number of ketones is 1. The predicted octanol–water partition coefficient (Wildman–Crippen LogP) is 11.2. The highest BCUT2D eigenvalue weighted by molar-refractivity contribution is 6.77. The summed E-state index contributed by atoms with van der Waals surface area (Å²) in [7, 11) is -5.72. The van der Waals surface area contributed by atoms with Gasteiger partial charge in [0.05, 0.1) is 35.6 Å². The Hall–Kier alpha value is -4.41. The summed E-state index contributed by atoms with van der Waals surface area (Å²) in [5.74, 6) is -4.54. The van der Waals surface area contributed by atoms with Gasteiger partial charge in [0.15, 0.2) is 31.9 Å². The van der Waals surface area contributed by atoms with Crippen LogP contribution in [0, 0.1) is 16.7 Å². The first kappa shape index (κ1) is 65.4. The molecule has 1 aromatic rings. The van der Waals surface area contributed by atoms with Crippen LogP contribution in [0.2, 0.25) is 34.8 Å². The van der Waals surface area contributed by atoms with Crippen molar-refractivity contribution in [3.8, 4) is 0 Å². The maximum atomic E-state index is 16.9. The van der Waals surface area contributed by atoms with Crippen molar-refractivity contribution in [3.63, 3.8) is 0 Å². The Morgan fingerprint density at radius 3 is 1.92 bits per heavy atom. The summed E-state index contributed by atoms with van der Waals surface area (Å²) >= 11 is 0. The van der Waals surface area contributed by atoms with Gasteiger partial charge in [0, 0.05) is 31.7 Å². The number of allylic oxidation sites excluding steroid dienone is 1. The third-order valence-electron chi connectivity index (χ3n) is 18.0. The van der Waals surface area contributed by atoms with E-state index < -0.39 is 135 Å². The molecular formula is C60H96N2O15Si2. The number of ether oxygens (including phenoxy) is 6. The molecule has 2 bridgehead atoms. The number of esters is 3. The number of carbonyl (C=O) groups is 6. The summed E-state index contributed by atoms with van der Waals surface area (Å²) in [5, 5.41) is 20.3. The second-order valence-electron chi connectivity index (χ2n) is 25.5. The van der Waals surface area contributed by atoms with Crippen LogP contribution in [-0.4, -0.2) is 130 Å². The Morgan fingerprint density at radius 2 is 1.44 bits per heavy atom. The zero-order chi connectivity index (χ0) is 59.6. The minimum absolute atomic E-state index is 0.0348. The number of benzene rings is 1. The first-order valence-corrected chi connectivity index (χ1v) is 33.5. The molecule has 1 heterocycles. The highest BCUT2D eigenvalue weighted by atomic mass is 28.4. The van der Waals surface area contributed by atoms with Gasteiger partial charge in [-0.25, -0.2) is 19.2 Å². The summed E-state index contributed by atoms with van der Waals surface area (Å²) in [4.78, 5) is 89.5. The van der Waals surface area contributed by atoms with Crippen LogP contribution in [-0.2, 0) is 51.7 Å². The zero-order valence-corrected chi connectivity index (χ0v) is 53.1. The Bertz CT molecular complexity index is 2410. The van der Waals surface area contributed by atoms with E-state index in [-0.39, 0.29) is 47.3 Å². The molecule has 5 rings (SSSR count). The molecule has 19 heteroatoms. The summed E-state index contributed by atoms with van der Waals surface area (Å²) in [5.41, 5.74) is -7.29. The van der Waals surface area contributed by atoms with Gasteiger partial charge in [0.1, 0.15) is 29.5 Å². The van der Waals surface area contributed by atoms with Gasteiger partial charge in [-0.05, 0) is 113 Å². The van der Waals surface area contributed by atoms with Gasteiger partial charge in [-0.2, -0.15) is 0 Å². The van der Waals surface area contributed by atoms with E-state index in [1.165, 1.54) is 6.92 Å². The number of carbonyl (C=O) groups excluding carboxylic acids is 6. The van der Waals surface area contributed by atoms with E-state index in [2.05, 4.69) is 72.9 Å². The molecule has 4 aliphatic rings. The van der Waals surface area contributed by atoms with Crippen molar-refractivity contribution in [3.05, 3.63) is 58.7 Å². The average molecular weight is 1140 g/mol. The SMILES string of the molecule is CCCNC(=O)O[C@H]1C(=O)[C@]2(C)[C@@H](O[Si](CC)(CC)CC)C[C@H]3OC[C@@]3(OC(C)=O)[C@H]2[C@H](OC(=O)c2ccccc2)[C@]2(O)C[C@H](OC(=O)[C@H](O[Si](C(C)C)(C(C)C)C(C)C)[C@H](C=C(C)C)NC(=O)OC(C)(C)C)C(C)=C1C2(C)C. The van der Waals surface area contributed by atoms with Crippen LogP contribution in [0.1, 0.15) is 168 Å². The highest BCUT2D eigenvalue weighted by Crippen LogP contribution is 2.65. The average Bonchev–Trinajstić information content (AvgIpc) is 2.85. The van der Waals surface area contributed by atoms with Crippen molar-refractivity contribution in [1.82, 2.24) is 10.6 Å². The number of Topliss-reactive ketones (excluding diaryl/α,β-unsaturated/α-hetero) is 1. The predicted molar refractivity (Wildman–Crippen MR) is 306 cm³/mol. The Morgan fingerprint density at radius 1 is 0.861 bits per heavy atom. The van der Waals surface area contributed by atoms with Gasteiger partial charge < -0.3 is 53.0 Å². The molecule has 0 unspecified atom stereocenters. The third kappa shape index (κ3) is 12.7. The molecular weight excluding hydrogens is 1040 g/mol. The highest BCUT2D eigenvalue weighted by Gasteiger charge is 2.79. The van der Waals surface area contributed by atoms with E-state index in [1.807, 2.05) is 20.8 Å². The molecule has 79 heavy (non-hydrogen) atoms. The molecule has 444 valence electrons. The van der Waals surface area contributed by atoms with Crippen LogP contribution in [0.5, 0.6) is 0 Å². The quantitative estimate of drug-likeness (QED) is 0.0451. The lowest BCUT2D eigenvalue weighted by Gasteiger charge is -2.68. The molecule has 0 radical (unpaired) electrons. The lowest BCUT2D eigenvalue weighted by atomic mass is 9.44. The topological polar surface area (TPSA) is 221 Å². The van der Waals surface area contributed by atoms with Gasteiger partial charge >= 0.3 is 30.1 Å². The van der Waals surface area contributed by atoms with E-state index in [1.54, 1.807) is 84.9 Å². The molecule has 2 saturated carbocycles. The maximum Gasteiger partial charge on any atom is 0.408 e. The van der Waals surface area contributed by atoms with E-state index in [0.29, 0.717) is 30.1 Å². The van der Waals surface area contributed by atoms with Crippen molar-refractivity contribution in [2.45, 2.75) is 252 Å². The van der Waals surface area contributed by atoms with Gasteiger partial charge in [0.25, 0.3) is 0 Å². The van der Waals surface area contributed by atoms with Crippen LogP contribution >= 0.6 is 0 Å². The number of amides is 2. The van der Waals surface area contributed by atoms with Crippen molar-refractivity contribution >= 4 is 52.5 Å². The Balaban J connectivity index is 1.92. The van der Waals surface area contributed by atoms with E-state index in [9.17, 15) is 19.5 Å². The molecule has 17 nitrogen and oxygen atoms in total. The van der Waals surface area contributed by atoms with Crippen LogP contribution in [0.25, 0.3) is 0 Å². The third-order valence-corrected chi connectivity index (χ3v) is 28.7. The molecule has 1 saturated heterocycles. The summed E-state index contributed by atoms with van der Waals surface area (Å²) in [6, 6.07) is 9.16. The summed E-state index contributed by atoms with van der Waals surface area (Å²) in [6.07, 6.45) is -8.16. The second kappa shape index (κ2) is 25.0. The van der Waals surface area contributed by atoms with Gasteiger partial charge in [-0.15, -0.1) is 0 Å². The second-order valence-corrected chi connectivity index (χ2v) is 35.6. The van der Waals surface area contributed by atoms with Crippen molar-refractivity contribution in [2.75, 3.05) is 13.2 Å². The molecule has 1 aromatic carbocycles. The Labute approximate surface area is 473 Å². The number of alkyl carbamates (subject to hydrolysis) is 2. The largest absolute Gasteiger partial charge is 0.456 e. The lowest BCUT2D eigenvalue weighted by molar-refractivity contribution is -0.344. The van der Waals surface area contributed by atoms with Gasteiger partial charge in [-0.1, -0.05) is 113 Å². The van der Waals surface area contributed by atoms with Crippen LogP contribution < -0.4 is 10.6 Å². The number of hydrogen-bond donors (Lipinski definition) is 3. The van der Waals surface area contributed by atoms with Crippen molar-refractivity contribution < 1.29 is 71.1 Å². The van der Waals surface area contributed by atoms with E-state index >= 15 is 14.4 Å². The van der Waals surface area contributed by atoms with Crippen molar-refractivity contribution in [2.24, 2.45) is 16.7 Å². The number of rotatable bonds is 21. The first-order valence-electron chi connectivity index (χ1n) is 28.8. The molecule has 11 atom stereocenters. The monoisotopic (exact) mass is 1140 g/mol. The van der Waals surface area contributed by atoms with E-state index in [4.69, 9.17) is 37.3 Å².